The molecule has 0 aliphatic carbocycles. The van der Waals surface area contributed by atoms with E-state index in [1.54, 1.807) is 11.8 Å². The molecule has 2 rings (SSSR count). The van der Waals surface area contributed by atoms with Gasteiger partial charge in [0.1, 0.15) is 10.6 Å². The first kappa shape index (κ1) is 15.4. The van der Waals surface area contributed by atoms with Crippen molar-refractivity contribution in [3.63, 3.8) is 0 Å². The molecule has 1 saturated heterocycles. The standard InChI is InChI=1S/C12H18N2O4S2/c1-2-4-14-7-10(6-11(14)12(15)16)20(17,18)13-9-3-5-19-8-9/h6-7,9,13H,2-5,8H2,1H3,(H,15,16). The number of sulfonamides is 1. The van der Waals surface area contributed by atoms with Crippen molar-refractivity contribution in [2.24, 2.45) is 0 Å². The number of carboxylic acids is 1. The molecule has 1 atom stereocenters. The molecule has 1 aromatic heterocycles. The molecule has 0 bridgehead atoms. The largest absolute Gasteiger partial charge is 0.477 e. The van der Waals surface area contributed by atoms with Gasteiger partial charge in [-0.15, -0.1) is 0 Å². The molecule has 1 unspecified atom stereocenters. The Labute approximate surface area is 122 Å². The summed E-state index contributed by atoms with van der Waals surface area (Å²) in [4.78, 5) is 11.2. The Balaban J connectivity index is 2.26. The molecule has 6 nitrogen and oxygen atoms in total. The van der Waals surface area contributed by atoms with E-state index in [2.05, 4.69) is 4.72 Å². The topological polar surface area (TPSA) is 88.4 Å². The van der Waals surface area contributed by atoms with E-state index in [4.69, 9.17) is 5.11 Å². The van der Waals surface area contributed by atoms with E-state index in [0.717, 1.165) is 24.3 Å². The Kier molecular flexibility index (Phi) is 4.77. The number of nitrogens with zero attached hydrogens (tertiary/aromatic N) is 1. The van der Waals surface area contributed by atoms with Crippen molar-refractivity contribution in [2.75, 3.05) is 11.5 Å². The molecule has 8 heteroatoms. The van der Waals surface area contributed by atoms with Crippen LogP contribution in [-0.4, -0.2) is 41.6 Å². The lowest BCUT2D eigenvalue weighted by Gasteiger charge is -2.10. The highest BCUT2D eigenvalue weighted by Crippen LogP contribution is 2.21. The highest BCUT2D eigenvalue weighted by atomic mass is 32.2. The molecule has 1 aliphatic rings. The summed E-state index contributed by atoms with van der Waals surface area (Å²) in [5.74, 6) is 0.599. The second-order valence-corrected chi connectivity index (χ2v) is 7.61. The Morgan fingerprint density at radius 2 is 2.35 bits per heavy atom. The van der Waals surface area contributed by atoms with Gasteiger partial charge in [0.15, 0.2) is 0 Å². The van der Waals surface area contributed by atoms with Crippen molar-refractivity contribution < 1.29 is 18.3 Å². The van der Waals surface area contributed by atoms with E-state index < -0.39 is 16.0 Å². The van der Waals surface area contributed by atoms with Gasteiger partial charge in [-0.05, 0) is 24.7 Å². The van der Waals surface area contributed by atoms with Crippen molar-refractivity contribution in [2.45, 2.75) is 37.2 Å². The first-order valence-corrected chi connectivity index (χ1v) is 9.11. The summed E-state index contributed by atoms with van der Waals surface area (Å²) < 4.78 is 28.6. The van der Waals surface area contributed by atoms with Crippen molar-refractivity contribution >= 4 is 27.8 Å². The van der Waals surface area contributed by atoms with Crippen LogP contribution >= 0.6 is 11.8 Å². The fraction of sp³-hybridized carbons (Fsp3) is 0.583. The number of carboxylic acid groups (broad SMARTS) is 1. The first-order valence-electron chi connectivity index (χ1n) is 6.47. The average molecular weight is 318 g/mol. The minimum Gasteiger partial charge on any atom is -0.477 e. The lowest BCUT2D eigenvalue weighted by Crippen LogP contribution is -2.34. The van der Waals surface area contributed by atoms with Gasteiger partial charge < -0.3 is 9.67 Å². The highest BCUT2D eigenvalue weighted by Gasteiger charge is 2.26. The molecule has 0 aromatic carbocycles. The predicted molar refractivity (Wildman–Crippen MR) is 77.7 cm³/mol. The number of thioether (sulfide) groups is 1. The van der Waals surface area contributed by atoms with Crippen LogP contribution in [0.3, 0.4) is 0 Å². The maximum Gasteiger partial charge on any atom is 0.352 e. The zero-order valence-electron chi connectivity index (χ0n) is 11.2. The van der Waals surface area contributed by atoms with Crippen LogP contribution in [-0.2, 0) is 16.6 Å². The van der Waals surface area contributed by atoms with Crippen LogP contribution in [0.15, 0.2) is 17.2 Å². The lowest BCUT2D eigenvalue weighted by atomic mass is 10.3. The van der Waals surface area contributed by atoms with Gasteiger partial charge in [-0.3, -0.25) is 0 Å². The van der Waals surface area contributed by atoms with E-state index in [1.807, 2.05) is 6.92 Å². The third-order valence-electron chi connectivity index (χ3n) is 3.12. The molecule has 0 amide bonds. The third-order valence-corrected chi connectivity index (χ3v) is 5.77. The second-order valence-electron chi connectivity index (χ2n) is 4.74. The fourth-order valence-corrected chi connectivity index (χ4v) is 4.72. The van der Waals surface area contributed by atoms with Gasteiger partial charge in [0.2, 0.25) is 10.0 Å². The van der Waals surface area contributed by atoms with Crippen molar-refractivity contribution in [1.29, 1.82) is 0 Å². The van der Waals surface area contributed by atoms with Gasteiger partial charge in [0.05, 0.1) is 0 Å². The summed E-state index contributed by atoms with van der Waals surface area (Å²) in [7, 11) is -3.64. The maximum atomic E-state index is 12.3. The van der Waals surface area contributed by atoms with Gasteiger partial charge in [-0.2, -0.15) is 11.8 Å². The van der Waals surface area contributed by atoms with Crippen LogP contribution in [0.25, 0.3) is 0 Å². The number of hydrogen-bond acceptors (Lipinski definition) is 4. The Morgan fingerprint density at radius 3 is 2.90 bits per heavy atom. The van der Waals surface area contributed by atoms with Crippen LogP contribution in [0.1, 0.15) is 30.3 Å². The fourth-order valence-electron chi connectivity index (χ4n) is 2.15. The van der Waals surface area contributed by atoms with Gasteiger partial charge in [-0.1, -0.05) is 6.92 Å². The van der Waals surface area contributed by atoms with E-state index >= 15 is 0 Å². The Hall–Kier alpha value is -0.990. The maximum absolute atomic E-state index is 12.3. The smallest absolute Gasteiger partial charge is 0.352 e. The molecular weight excluding hydrogens is 300 g/mol. The van der Waals surface area contributed by atoms with Crippen LogP contribution < -0.4 is 4.72 Å². The number of carbonyl (C=O) groups is 1. The first-order chi connectivity index (χ1) is 9.44. The van der Waals surface area contributed by atoms with E-state index in [0.29, 0.717) is 6.54 Å². The highest BCUT2D eigenvalue weighted by molar-refractivity contribution is 7.99. The van der Waals surface area contributed by atoms with Crippen LogP contribution in [0, 0.1) is 0 Å². The molecule has 0 spiro atoms. The van der Waals surface area contributed by atoms with Crippen LogP contribution in [0.5, 0.6) is 0 Å². The minimum atomic E-state index is -3.64. The molecule has 0 radical (unpaired) electrons. The van der Waals surface area contributed by atoms with E-state index in [1.165, 1.54) is 16.8 Å². The number of aryl methyl sites for hydroxylation is 1. The molecule has 0 saturated carbocycles. The van der Waals surface area contributed by atoms with Gasteiger partial charge in [-0.25, -0.2) is 17.9 Å². The summed E-state index contributed by atoms with van der Waals surface area (Å²) in [5, 5.41) is 9.12. The van der Waals surface area contributed by atoms with Crippen LogP contribution in [0.4, 0.5) is 0 Å². The van der Waals surface area contributed by atoms with Crippen LogP contribution in [0.2, 0.25) is 0 Å². The average Bonchev–Trinajstić information content (AvgIpc) is 2.98. The number of aromatic carboxylic acids is 1. The van der Waals surface area contributed by atoms with Gasteiger partial charge in [0, 0.05) is 24.5 Å². The number of aromatic nitrogens is 1. The molecule has 1 aromatic rings. The van der Waals surface area contributed by atoms with Crippen molar-refractivity contribution in [3.05, 3.63) is 18.0 Å². The second kappa shape index (κ2) is 6.19. The molecule has 20 heavy (non-hydrogen) atoms. The molecule has 1 aliphatic heterocycles. The number of hydrogen-bond donors (Lipinski definition) is 2. The monoisotopic (exact) mass is 318 g/mol. The summed E-state index contributed by atoms with van der Waals surface area (Å²) in [6.45, 7) is 2.39. The third kappa shape index (κ3) is 3.36. The molecule has 112 valence electrons. The molecule has 2 heterocycles. The number of nitrogens with one attached hydrogen (secondary N) is 1. The zero-order valence-corrected chi connectivity index (χ0v) is 12.8. The molecule has 1 fully saturated rings. The molecule has 2 N–H and O–H groups in total. The SMILES string of the molecule is CCCn1cc(S(=O)(=O)NC2CCSC2)cc1C(=O)O. The normalized spacial score (nSPS) is 19.4. The van der Waals surface area contributed by atoms with Crippen molar-refractivity contribution in [3.8, 4) is 0 Å². The van der Waals surface area contributed by atoms with Gasteiger partial charge in [0.25, 0.3) is 0 Å². The Morgan fingerprint density at radius 1 is 1.60 bits per heavy atom. The van der Waals surface area contributed by atoms with Crippen molar-refractivity contribution in [1.82, 2.24) is 9.29 Å². The lowest BCUT2D eigenvalue weighted by molar-refractivity contribution is 0.0685. The number of rotatable bonds is 6. The quantitative estimate of drug-likeness (QED) is 0.827. The zero-order chi connectivity index (χ0) is 14.8. The van der Waals surface area contributed by atoms with E-state index in [-0.39, 0.29) is 16.6 Å². The minimum absolute atomic E-state index is 0.00743. The molecular formula is C12H18N2O4S2. The summed E-state index contributed by atoms with van der Waals surface area (Å²) >= 11 is 1.71. The van der Waals surface area contributed by atoms with E-state index in [9.17, 15) is 13.2 Å². The summed E-state index contributed by atoms with van der Waals surface area (Å²) in [6, 6.07) is 1.16. The Bertz CT molecular complexity index is 589. The summed E-state index contributed by atoms with van der Waals surface area (Å²) in [5.41, 5.74) is 0.00743. The van der Waals surface area contributed by atoms with Gasteiger partial charge >= 0.3 is 5.97 Å². The predicted octanol–water partition coefficient (Wildman–Crippen LogP) is 1.38. The summed E-state index contributed by atoms with van der Waals surface area (Å²) in [6.07, 6.45) is 2.95.